The normalized spacial score (nSPS) is 18.4. The highest BCUT2D eigenvalue weighted by Crippen LogP contribution is 2.13. The molecule has 0 aromatic rings. The maximum absolute atomic E-state index is 12.0. The third-order valence-corrected chi connectivity index (χ3v) is 3.37. The van der Waals surface area contributed by atoms with Crippen LogP contribution in [0.5, 0.6) is 0 Å². The molecule has 1 fully saturated rings. The number of piperidine rings is 1. The summed E-state index contributed by atoms with van der Waals surface area (Å²) < 4.78 is 5.24. The Labute approximate surface area is 114 Å². The van der Waals surface area contributed by atoms with Crippen molar-refractivity contribution in [2.45, 2.75) is 45.3 Å². The van der Waals surface area contributed by atoms with Crippen LogP contribution < -0.4 is 5.32 Å². The Morgan fingerprint density at radius 1 is 1.37 bits per heavy atom. The molecule has 0 unspecified atom stereocenters. The second kappa shape index (κ2) is 7.33. The Balaban J connectivity index is 2.46. The van der Waals surface area contributed by atoms with Gasteiger partial charge in [-0.15, -0.1) is 0 Å². The number of ether oxygens (including phenoxy) is 1. The molecule has 1 atom stereocenters. The maximum atomic E-state index is 12.0. The van der Waals surface area contributed by atoms with Crippen molar-refractivity contribution in [1.82, 2.24) is 10.2 Å². The SMILES string of the molecule is COC1CCN(C(=O)N[C@H](CC(C)C)C(=O)O)CC1. The third-order valence-electron chi connectivity index (χ3n) is 3.37. The molecule has 0 aromatic carbocycles. The van der Waals surface area contributed by atoms with Crippen LogP contribution in [0.1, 0.15) is 33.1 Å². The summed E-state index contributed by atoms with van der Waals surface area (Å²) in [6, 6.07) is -1.10. The molecule has 0 spiro atoms. The Bertz CT molecular complexity index is 312. The lowest BCUT2D eigenvalue weighted by Crippen LogP contribution is -2.51. The smallest absolute Gasteiger partial charge is 0.326 e. The van der Waals surface area contributed by atoms with Crippen molar-refractivity contribution in [3.63, 3.8) is 0 Å². The molecule has 1 heterocycles. The van der Waals surface area contributed by atoms with E-state index in [-0.39, 0.29) is 18.1 Å². The second-order valence-electron chi connectivity index (χ2n) is 5.39. The summed E-state index contributed by atoms with van der Waals surface area (Å²) in [6.07, 6.45) is 2.24. The summed E-state index contributed by atoms with van der Waals surface area (Å²) in [5.74, 6) is -0.755. The molecule has 1 saturated heterocycles. The molecule has 6 nitrogen and oxygen atoms in total. The second-order valence-corrected chi connectivity index (χ2v) is 5.39. The van der Waals surface area contributed by atoms with E-state index in [2.05, 4.69) is 5.32 Å². The number of nitrogens with zero attached hydrogens (tertiary/aromatic N) is 1. The number of amides is 2. The minimum atomic E-state index is -0.978. The fourth-order valence-electron chi connectivity index (χ4n) is 2.23. The van der Waals surface area contributed by atoms with Crippen LogP contribution in [0.4, 0.5) is 4.79 Å². The van der Waals surface area contributed by atoms with Crippen molar-refractivity contribution in [2.24, 2.45) is 5.92 Å². The Morgan fingerprint density at radius 2 is 1.95 bits per heavy atom. The van der Waals surface area contributed by atoms with E-state index in [1.807, 2.05) is 13.8 Å². The van der Waals surface area contributed by atoms with Crippen LogP contribution in [0.15, 0.2) is 0 Å². The molecule has 1 aliphatic heterocycles. The molecular formula is C13H24N2O4. The number of nitrogens with one attached hydrogen (secondary N) is 1. The molecule has 0 bridgehead atoms. The molecule has 1 aliphatic rings. The summed E-state index contributed by atoms with van der Waals surface area (Å²) in [4.78, 5) is 24.8. The number of hydrogen-bond donors (Lipinski definition) is 2. The van der Waals surface area contributed by atoms with Crippen LogP contribution in [0.3, 0.4) is 0 Å². The minimum Gasteiger partial charge on any atom is -0.480 e. The number of carboxylic acids is 1. The van der Waals surface area contributed by atoms with Gasteiger partial charge in [-0.25, -0.2) is 9.59 Å². The van der Waals surface area contributed by atoms with Crippen molar-refractivity contribution in [3.8, 4) is 0 Å². The van der Waals surface area contributed by atoms with Crippen LogP contribution in [0, 0.1) is 5.92 Å². The van der Waals surface area contributed by atoms with E-state index in [1.165, 1.54) is 0 Å². The summed E-state index contributed by atoms with van der Waals surface area (Å²) in [6.45, 7) is 5.09. The van der Waals surface area contributed by atoms with Gasteiger partial charge in [-0.05, 0) is 25.2 Å². The van der Waals surface area contributed by atoms with Crippen LogP contribution in [-0.4, -0.2) is 54.4 Å². The molecule has 6 heteroatoms. The topological polar surface area (TPSA) is 78.9 Å². The molecular weight excluding hydrogens is 248 g/mol. The predicted molar refractivity (Wildman–Crippen MR) is 71.0 cm³/mol. The molecule has 0 radical (unpaired) electrons. The van der Waals surface area contributed by atoms with E-state index < -0.39 is 12.0 Å². The van der Waals surface area contributed by atoms with E-state index in [9.17, 15) is 9.59 Å². The van der Waals surface area contributed by atoms with E-state index in [0.717, 1.165) is 12.8 Å². The molecule has 19 heavy (non-hydrogen) atoms. The van der Waals surface area contributed by atoms with Gasteiger partial charge in [0.05, 0.1) is 6.10 Å². The summed E-state index contributed by atoms with van der Waals surface area (Å²) >= 11 is 0. The molecule has 110 valence electrons. The maximum Gasteiger partial charge on any atom is 0.326 e. The average molecular weight is 272 g/mol. The van der Waals surface area contributed by atoms with Gasteiger partial charge in [-0.3, -0.25) is 0 Å². The molecule has 0 aliphatic carbocycles. The van der Waals surface area contributed by atoms with Crippen LogP contribution in [0.25, 0.3) is 0 Å². The van der Waals surface area contributed by atoms with Crippen molar-refractivity contribution < 1.29 is 19.4 Å². The molecule has 2 amide bonds. The summed E-state index contributed by atoms with van der Waals surface area (Å²) in [7, 11) is 1.67. The Morgan fingerprint density at radius 3 is 2.37 bits per heavy atom. The van der Waals surface area contributed by atoms with Gasteiger partial charge in [0.2, 0.25) is 0 Å². The summed E-state index contributed by atoms with van der Waals surface area (Å²) in [5, 5.41) is 11.7. The predicted octanol–water partition coefficient (Wildman–Crippen LogP) is 1.31. The molecule has 2 N–H and O–H groups in total. The number of urea groups is 1. The van der Waals surface area contributed by atoms with Crippen LogP contribution >= 0.6 is 0 Å². The number of carbonyl (C=O) groups excluding carboxylic acids is 1. The zero-order valence-corrected chi connectivity index (χ0v) is 11.9. The minimum absolute atomic E-state index is 0.204. The van der Waals surface area contributed by atoms with Gasteiger partial charge >= 0.3 is 12.0 Å². The number of methoxy groups -OCH3 is 1. The number of aliphatic carboxylic acids is 1. The first-order chi connectivity index (χ1) is 8.93. The highest BCUT2D eigenvalue weighted by molar-refractivity contribution is 5.82. The number of carboxylic acid groups (broad SMARTS) is 1. The highest BCUT2D eigenvalue weighted by atomic mass is 16.5. The fraction of sp³-hybridized carbons (Fsp3) is 0.846. The summed E-state index contributed by atoms with van der Waals surface area (Å²) in [5.41, 5.74) is 0. The number of likely N-dealkylation sites (tertiary alicyclic amines) is 1. The monoisotopic (exact) mass is 272 g/mol. The number of rotatable bonds is 5. The van der Waals surface area contributed by atoms with E-state index in [0.29, 0.717) is 19.5 Å². The lowest BCUT2D eigenvalue weighted by molar-refractivity contribution is -0.139. The number of hydrogen-bond acceptors (Lipinski definition) is 3. The number of carbonyl (C=O) groups is 2. The fourth-order valence-corrected chi connectivity index (χ4v) is 2.23. The van der Waals surface area contributed by atoms with Gasteiger partial charge in [0.1, 0.15) is 6.04 Å². The van der Waals surface area contributed by atoms with Crippen molar-refractivity contribution >= 4 is 12.0 Å². The largest absolute Gasteiger partial charge is 0.480 e. The van der Waals surface area contributed by atoms with Gasteiger partial charge < -0.3 is 20.1 Å². The Kier molecular flexibility index (Phi) is 6.08. The van der Waals surface area contributed by atoms with E-state index in [4.69, 9.17) is 9.84 Å². The van der Waals surface area contributed by atoms with Crippen LogP contribution in [0.2, 0.25) is 0 Å². The zero-order chi connectivity index (χ0) is 14.4. The first-order valence-electron chi connectivity index (χ1n) is 6.75. The molecule has 0 aromatic heterocycles. The average Bonchev–Trinajstić information content (AvgIpc) is 2.37. The molecule has 0 saturated carbocycles. The quantitative estimate of drug-likeness (QED) is 0.791. The first kappa shape index (κ1) is 15.8. The van der Waals surface area contributed by atoms with Gasteiger partial charge in [0.25, 0.3) is 0 Å². The van der Waals surface area contributed by atoms with Crippen LogP contribution in [-0.2, 0) is 9.53 Å². The zero-order valence-electron chi connectivity index (χ0n) is 11.9. The van der Waals surface area contributed by atoms with Gasteiger partial charge in [0.15, 0.2) is 0 Å². The van der Waals surface area contributed by atoms with Gasteiger partial charge in [0, 0.05) is 20.2 Å². The van der Waals surface area contributed by atoms with Crippen molar-refractivity contribution in [2.75, 3.05) is 20.2 Å². The Hall–Kier alpha value is -1.30. The van der Waals surface area contributed by atoms with E-state index in [1.54, 1.807) is 12.0 Å². The van der Waals surface area contributed by atoms with Crippen molar-refractivity contribution in [3.05, 3.63) is 0 Å². The third kappa shape index (κ3) is 5.06. The molecule has 1 rings (SSSR count). The van der Waals surface area contributed by atoms with Gasteiger partial charge in [-0.2, -0.15) is 0 Å². The lowest BCUT2D eigenvalue weighted by atomic mass is 10.0. The van der Waals surface area contributed by atoms with Crippen molar-refractivity contribution in [1.29, 1.82) is 0 Å². The van der Waals surface area contributed by atoms with E-state index >= 15 is 0 Å². The standard InChI is InChI=1S/C13H24N2O4/c1-9(2)8-11(12(16)17)14-13(18)15-6-4-10(19-3)5-7-15/h9-11H,4-8H2,1-3H3,(H,14,18)(H,16,17)/t11-/m1/s1. The lowest BCUT2D eigenvalue weighted by Gasteiger charge is -2.32. The van der Waals surface area contributed by atoms with Gasteiger partial charge in [-0.1, -0.05) is 13.8 Å². The first-order valence-corrected chi connectivity index (χ1v) is 6.75. The highest BCUT2D eigenvalue weighted by Gasteiger charge is 2.26.